The lowest BCUT2D eigenvalue weighted by Gasteiger charge is -2.18. The summed E-state index contributed by atoms with van der Waals surface area (Å²) in [6.07, 6.45) is 0. The van der Waals surface area contributed by atoms with Crippen molar-refractivity contribution in [2.75, 3.05) is 29.9 Å². The van der Waals surface area contributed by atoms with E-state index in [2.05, 4.69) is 24.3 Å². The van der Waals surface area contributed by atoms with E-state index in [1.807, 2.05) is 41.8 Å². The summed E-state index contributed by atoms with van der Waals surface area (Å²) in [5.41, 5.74) is 2.74. The molecule has 2 aromatic heterocycles. The zero-order valence-electron chi connectivity index (χ0n) is 16.3. The fourth-order valence-corrected chi connectivity index (χ4v) is 3.91. The standard InChI is InChI=1S/C21H22N4O3S/c1-14(2)15-5-7-16(8-6-15)25-10-9-24(21(25)27)13-19(26)22-20-12-17(23-28-20)18-4-3-11-29-18/h3-8,11-12,14H,9-10,13H2,1-2H3,(H,22,26). The number of carbonyl (C=O) groups excluding carboxylic acids is 2. The van der Waals surface area contributed by atoms with Crippen molar-refractivity contribution in [2.45, 2.75) is 19.8 Å². The highest BCUT2D eigenvalue weighted by molar-refractivity contribution is 7.13. The van der Waals surface area contributed by atoms with Gasteiger partial charge in [-0.15, -0.1) is 11.3 Å². The number of nitrogens with zero attached hydrogens (tertiary/aromatic N) is 3. The summed E-state index contributed by atoms with van der Waals surface area (Å²) in [7, 11) is 0. The molecule has 7 nitrogen and oxygen atoms in total. The highest BCUT2D eigenvalue weighted by atomic mass is 32.1. The number of anilines is 2. The Hall–Kier alpha value is -3.13. The van der Waals surface area contributed by atoms with Gasteiger partial charge in [0, 0.05) is 24.8 Å². The minimum absolute atomic E-state index is 0.0333. The summed E-state index contributed by atoms with van der Waals surface area (Å²) in [5.74, 6) is 0.394. The third kappa shape index (κ3) is 4.17. The van der Waals surface area contributed by atoms with Gasteiger partial charge in [-0.25, -0.2) is 4.79 Å². The first kappa shape index (κ1) is 19.2. The van der Waals surface area contributed by atoms with Gasteiger partial charge >= 0.3 is 6.03 Å². The van der Waals surface area contributed by atoms with Gasteiger partial charge in [-0.2, -0.15) is 0 Å². The smallest absolute Gasteiger partial charge is 0.325 e. The van der Waals surface area contributed by atoms with Crippen LogP contribution in [0.15, 0.2) is 52.4 Å². The number of amides is 3. The summed E-state index contributed by atoms with van der Waals surface area (Å²) in [6, 6.07) is 13.4. The quantitative estimate of drug-likeness (QED) is 0.653. The maximum Gasteiger partial charge on any atom is 0.325 e. The summed E-state index contributed by atoms with van der Waals surface area (Å²) in [5, 5.41) is 8.58. The molecule has 1 fully saturated rings. The molecule has 1 aliphatic rings. The number of carbonyl (C=O) groups is 2. The minimum Gasteiger partial charge on any atom is -0.338 e. The summed E-state index contributed by atoms with van der Waals surface area (Å²) in [4.78, 5) is 29.3. The van der Waals surface area contributed by atoms with Crippen molar-refractivity contribution < 1.29 is 14.1 Å². The molecule has 0 saturated carbocycles. The number of rotatable bonds is 6. The van der Waals surface area contributed by atoms with Crippen molar-refractivity contribution in [1.82, 2.24) is 10.1 Å². The van der Waals surface area contributed by atoms with Crippen LogP contribution in [-0.2, 0) is 4.79 Å². The minimum atomic E-state index is -0.316. The second-order valence-corrected chi connectivity index (χ2v) is 8.15. The molecule has 0 radical (unpaired) electrons. The average molecular weight is 410 g/mol. The van der Waals surface area contributed by atoms with E-state index >= 15 is 0 Å². The summed E-state index contributed by atoms with van der Waals surface area (Å²) < 4.78 is 5.18. The van der Waals surface area contributed by atoms with Crippen LogP contribution >= 0.6 is 11.3 Å². The van der Waals surface area contributed by atoms with Crippen molar-refractivity contribution in [1.29, 1.82) is 0 Å². The monoisotopic (exact) mass is 410 g/mol. The highest BCUT2D eigenvalue weighted by Gasteiger charge is 2.31. The molecule has 1 N–H and O–H groups in total. The van der Waals surface area contributed by atoms with E-state index in [-0.39, 0.29) is 24.4 Å². The second kappa shape index (κ2) is 8.08. The average Bonchev–Trinajstić information content (AvgIpc) is 3.44. The predicted molar refractivity (Wildman–Crippen MR) is 113 cm³/mol. The molecule has 1 saturated heterocycles. The number of benzene rings is 1. The molecule has 3 amide bonds. The van der Waals surface area contributed by atoms with Gasteiger partial charge in [-0.3, -0.25) is 15.0 Å². The molecule has 29 heavy (non-hydrogen) atoms. The van der Waals surface area contributed by atoms with Gasteiger partial charge in [-0.1, -0.05) is 37.2 Å². The van der Waals surface area contributed by atoms with Crippen LogP contribution in [0.1, 0.15) is 25.3 Å². The SMILES string of the molecule is CC(C)c1ccc(N2CCN(CC(=O)Nc3cc(-c4cccs4)no3)C2=O)cc1. The Balaban J connectivity index is 1.35. The van der Waals surface area contributed by atoms with Crippen LogP contribution in [0.4, 0.5) is 16.4 Å². The Morgan fingerprint density at radius 1 is 1.24 bits per heavy atom. The van der Waals surface area contributed by atoms with Gasteiger partial charge in [0.05, 0.1) is 4.88 Å². The number of nitrogens with one attached hydrogen (secondary N) is 1. The number of urea groups is 1. The molecule has 0 aliphatic carbocycles. The zero-order chi connectivity index (χ0) is 20.4. The van der Waals surface area contributed by atoms with Crippen LogP contribution in [0.25, 0.3) is 10.6 Å². The van der Waals surface area contributed by atoms with E-state index in [0.717, 1.165) is 10.6 Å². The number of aromatic nitrogens is 1. The molecule has 0 unspecified atom stereocenters. The Labute approximate surface area is 172 Å². The lowest BCUT2D eigenvalue weighted by Crippen LogP contribution is -2.37. The van der Waals surface area contributed by atoms with Crippen LogP contribution < -0.4 is 10.2 Å². The van der Waals surface area contributed by atoms with Crippen LogP contribution in [0.3, 0.4) is 0 Å². The molecule has 0 atom stereocenters. The molecular formula is C21H22N4O3S. The topological polar surface area (TPSA) is 78.7 Å². The van der Waals surface area contributed by atoms with E-state index in [4.69, 9.17) is 4.52 Å². The first-order chi connectivity index (χ1) is 14.0. The van der Waals surface area contributed by atoms with Crippen LogP contribution in [0.5, 0.6) is 0 Å². The number of thiophene rings is 1. The van der Waals surface area contributed by atoms with E-state index in [1.54, 1.807) is 22.3 Å². The Bertz CT molecular complexity index is 995. The molecule has 0 bridgehead atoms. The largest absolute Gasteiger partial charge is 0.338 e. The van der Waals surface area contributed by atoms with Gasteiger partial charge in [0.1, 0.15) is 12.2 Å². The maximum atomic E-state index is 12.7. The molecule has 4 rings (SSSR count). The first-order valence-electron chi connectivity index (χ1n) is 9.48. The molecule has 3 heterocycles. The fraction of sp³-hybridized carbons (Fsp3) is 0.286. The van der Waals surface area contributed by atoms with Crippen molar-refractivity contribution in [3.63, 3.8) is 0 Å². The molecule has 3 aromatic rings. The van der Waals surface area contributed by atoms with Crippen LogP contribution in [0, 0.1) is 0 Å². The molecular weight excluding hydrogens is 388 g/mol. The number of hydrogen-bond acceptors (Lipinski definition) is 5. The fourth-order valence-electron chi connectivity index (χ4n) is 3.23. The molecule has 0 spiro atoms. The van der Waals surface area contributed by atoms with E-state index in [9.17, 15) is 9.59 Å². The van der Waals surface area contributed by atoms with Gasteiger partial charge < -0.3 is 9.42 Å². The molecule has 8 heteroatoms. The summed E-state index contributed by atoms with van der Waals surface area (Å²) in [6.45, 7) is 5.28. The molecule has 1 aliphatic heterocycles. The zero-order valence-corrected chi connectivity index (χ0v) is 17.1. The van der Waals surface area contributed by atoms with E-state index < -0.39 is 0 Å². The lowest BCUT2D eigenvalue weighted by atomic mass is 10.0. The van der Waals surface area contributed by atoms with Gasteiger partial charge in [-0.05, 0) is 35.1 Å². The van der Waals surface area contributed by atoms with Gasteiger partial charge in [0.25, 0.3) is 0 Å². The highest BCUT2D eigenvalue weighted by Crippen LogP contribution is 2.26. The van der Waals surface area contributed by atoms with Crippen molar-refractivity contribution in [3.8, 4) is 10.6 Å². The van der Waals surface area contributed by atoms with E-state index in [1.165, 1.54) is 10.5 Å². The van der Waals surface area contributed by atoms with Crippen molar-refractivity contribution in [2.24, 2.45) is 0 Å². The van der Waals surface area contributed by atoms with Crippen LogP contribution in [0.2, 0.25) is 0 Å². The second-order valence-electron chi connectivity index (χ2n) is 7.20. The Morgan fingerprint density at radius 3 is 2.72 bits per heavy atom. The van der Waals surface area contributed by atoms with Crippen LogP contribution in [-0.4, -0.2) is 41.6 Å². The summed E-state index contributed by atoms with van der Waals surface area (Å²) >= 11 is 1.54. The maximum absolute atomic E-state index is 12.7. The Morgan fingerprint density at radius 2 is 2.03 bits per heavy atom. The predicted octanol–water partition coefficient (Wildman–Crippen LogP) is 4.41. The first-order valence-corrected chi connectivity index (χ1v) is 10.4. The van der Waals surface area contributed by atoms with Gasteiger partial charge in [0.2, 0.25) is 11.8 Å². The third-order valence-corrected chi connectivity index (χ3v) is 5.74. The van der Waals surface area contributed by atoms with Gasteiger partial charge in [0.15, 0.2) is 0 Å². The van der Waals surface area contributed by atoms with Crippen molar-refractivity contribution >= 4 is 34.8 Å². The Kier molecular flexibility index (Phi) is 5.35. The number of hydrogen-bond donors (Lipinski definition) is 1. The van der Waals surface area contributed by atoms with Crippen molar-refractivity contribution in [3.05, 3.63) is 53.4 Å². The van der Waals surface area contributed by atoms with E-state index in [0.29, 0.717) is 24.7 Å². The third-order valence-electron chi connectivity index (χ3n) is 4.85. The molecule has 1 aromatic carbocycles. The molecule has 150 valence electrons. The lowest BCUT2D eigenvalue weighted by molar-refractivity contribution is -0.116. The normalized spacial score (nSPS) is 14.1.